The van der Waals surface area contributed by atoms with Crippen molar-refractivity contribution in [3.05, 3.63) is 65.7 Å². The van der Waals surface area contributed by atoms with Gasteiger partial charge in [-0.15, -0.1) is 10.2 Å². The van der Waals surface area contributed by atoms with Crippen molar-refractivity contribution in [3.8, 4) is 22.9 Å². The van der Waals surface area contributed by atoms with Crippen LogP contribution in [0.25, 0.3) is 11.3 Å². The summed E-state index contributed by atoms with van der Waals surface area (Å²) >= 11 is 5.69. The maximum absolute atomic E-state index is 12.9. The number of halogens is 2. The lowest BCUT2D eigenvalue weighted by Gasteiger charge is -2.04. The topological polar surface area (TPSA) is 47.9 Å². The Morgan fingerprint density at radius 1 is 0.905 bits per heavy atom. The van der Waals surface area contributed by atoms with Crippen molar-refractivity contribution in [3.63, 3.8) is 0 Å². The zero-order chi connectivity index (χ0) is 14.7. The van der Waals surface area contributed by atoms with Gasteiger partial charge in [-0.25, -0.2) is 9.37 Å². The fraction of sp³-hybridized carbons (Fsp3) is 0. The summed E-state index contributed by atoms with van der Waals surface area (Å²) in [5, 5.41) is 8.41. The number of ether oxygens (including phenoxy) is 1. The monoisotopic (exact) mass is 301 g/mol. The van der Waals surface area contributed by atoms with Crippen molar-refractivity contribution in [1.82, 2.24) is 15.2 Å². The van der Waals surface area contributed by atoms with Crippen LogP contribution in [-0.4, -0.2) is 15.2 Å². The predicted molar refractivity (Wildman–Crippen MR) is 76.7 cm³/mol. The number of aromatic nitrogens is 3. The second-order valence-electron chi connectivity index (χ2n) is 4.18. The summed E-state index contributed by atoms with van der Waals surface area (Å²) in [6.07, 6.45) is 1.50. The van der Waals surface area contributed by atoms with E-state index in [4.69, 9.17) is 16.3 Å². The van der Waals surface area contributed by atoms with E-state index in [2.05, 4.69) is 15.2 Å². The van der Waals surface area contributed by atoms with Gasteiger partial charge < -0.3 is 4.74 Å². The standard InChI is InChI=1S/C15H9ClFN3O/c16-14-7-5-12(9-18-14)21-15-8-6-13(19-20-15)10-1-3-11(17)4-2-10/h1-9H. The number of benzene rings is 1. The first-order valence-electron chi connectivity index (χ1n) is 6.10. The summed E-state index contributed by atoms with van der Waals surface area (Å²) in [7, 11) is 0. The van der Waals surface area contributed by atoms with Crippen molar-refractivity contribution in [2.24, 2.45) is 0 Å². The molecule has 0 saturated carbocycles. The Morgan fingerprint density at radius 3 is 2.33 bits per heavy atom. The lowest BCUT2D eigenvalue weighted by Crippen LogP contribution is -1.93. The van der Waals surface area contributed by atoms with Gasteiger partial charge in [0.1, 0.15) is 16.7 Å². The molecular formula is C15H9ClFN3O. The van der Waals surface area contributed by atoms with Gasteiger partial charge in [0, 0.05) is 11.6 Å². The molecule has 21 heavy (non-hydrogen) atoms. The molecule has 0 atom stereocenters. The molecule has 0 spiro atoms. The molecule has 0 unspecified atom stereocenters. The van der Waals surface area contributed by atoms with Gasteiger partial charge in [0.2, 0.25) is 5.88 Å². The molecule has 3 aromatic rings. The predicted octanol–water partition coefficient (Wildman–Crippen LogP) is 4.12. The first-order chi connectivity index (χ1) is 10.2. The van der Waals surface area contributed by atoms with Gasteiger partial charge in [0.05, 0.1) is 11.9 Å². The van der Waals surface area contributed by atoms with Crippen LogP contribution in [-0.2, 0) is 0 Å². The minimum Gasteiger partial charge on any atom is -0.436 e. The van der Waals surface area contributed by atoms with E-state index in [1.807, 2.05) is 0 Å². The summed E-state index contributed by atoms with van der Waals surface area (Å²) in [4.78, 5) is 3.91. The average molecular weight is 302 g/mol. The molecule has 0 N–H and O–H groups in total. The van der Waals surface area contributed by atoms with E-state index in [0.29, 0.717) is 22.5 Å². The highest BCUT2D eigenvalue weighted by Gasteiger charge is 2.03. The minimum atomic E-state index is -0.290. The largest absolute Gasteiger partial charge is 0.436 e. The van der Waals surface area contributed by atoms with Crippen molar-refractivity contribution in [2.75, 3.05) is 0 Å². The average Bonchev–Trinajstić information content (AvgIpc) is 2.51. The van der Waals surface area contributed by atoms with Crippen LogP contribution in [0.4, 0.5) is 4.39 Å². The van der Waals surface area contributed by atoms with Gasteiger partial charge in [-0.05, 0) is 42.5 Å². The van der Waals surface area contributed by atoms with Crippen LogP contribution in [0.2, 0.25) is 5.15 Å². The zero-order valence-corrected chi connectivity index (χ0v) is 11.5. The molecule has 0 aliphatic rings. The SMILES string of the molecule is Fc1ccc(-c2ccc(Oc3ccc(Cl)nc3)nn2)cc1. The second kappa shape index (κ2) is 5.85. The van der Waals surface area contributed by atoms with E-state index in [1.165, 1.54) is 18.3 Å². The van der Waals surface area contributed by atoms with Gasteiger partial charge in [0.15, 0.2) is 0 Å². The number of nitrogens with zero attached hydrogens (tertiary/aromatic N) is 3. The summed E-state index contributed by atoms with van der Waals surface area (Å²) in [6, 6.07) is 12.8. The molecule has 0 radical (unpaired) electrons. The van der Waals surface area contributed by atoms with Crippen LogP contribution in [0.3, 0.4) is 0 Å². The third-order valence-electron chi connectivity index (χ3n) is 2.70. The third kappa shape index (κ3) is 3.32. The van der Waals surface area contributed by atoms with E-state index in [-0.39, 0.29) is 5.82 Å². The molecule has 0 saturated heterocycles. The van der Waals surface area contributed by atoms with Crippen molar-refractivity contribution < 1.29 is 9.13 Å². The molecule has 104 valence electrons. The maximum Gasteiger partial charge on any atom is 0.238 e. The molecule has 0 fully saturated rings. The Morgan fingerprint density at radius 2 is 1.71 bits per heavy atom. The third-order valence-corrected chi connectivity index (χ3v) is 2.93. The Labute approximate surface area is 125 Å². The van der Waals surface area contributed by atoms with Gasteiger partial charge in [-0.3, -0.25) is 0 Å². The van der Waals surface area contributed by atoms with E-state index < -0.39 is 0 Å². The maximum atomic E-state index is 12.9. The van der Waals surface area contributed by atoms with Gasteiger partial charge in [-0.1, -0.05) is 11.6 Å². The fourth-order valence-corrected chi connectivity index (χ4v) is 1.80. The number of hydrogen-bond acceptors (Lipinski definition) is 4. The number of rotatable bonds is 3. The zero-order valence-electron chi connectivity index (χ0n) is 10.7. The van der Waals surface area contributed by atoms with Crippen molar-refractivity contribution >= 4 is 11.6 Å². The molecule has 2 aromatic heterocycles. The molecular weight excluding hydrogens is 293 g/mol. The van der Waals surface area contributed by atoms with Crippen LogP contribution >= 0.6 is 11.6 Å². The first-order valence-corrected chi connectivity index (χ1v) is 6.47. The van der Waals surface area contributed by atoms with E-state index in [1.54, 1.807) is 36.4 Å². The van der Waals surface area contributed by atoms with Crippen molar-refractivity contribution in [2.45, 2.75) is 0 Å². The normalized spacial score (nSPS) is 10.4. The fourth-order valence-electron chi connectivity index (χ4n) is 1.69. The van der Waals surface area contributed by atoms with Crippen LogP contribution in [0.5, 0.6) is 11.6 Å². The lowest BCUT2D eigenvalue weighted by molar-refractivity contribution is 0.453. The summed E-state index contributed by atoms with van der Waals surface area (Å²) in [6.45, 7) is 0. The summed E-state index contributed by atoms with van der Waals surface area (Å²) in [5.74, 6) is 0.565. The van der Waals surface area contributed by atoms with Gasteiger partial charge >= 0.3 is 0 Å². The van der Waals surface area contributed by atoms with E-state index in [0.717, 1.165) is 5.56 Å². The van der Waals surface area contributed by atoms with Gasteiger partial charge in [-0.2, -0.15) is 0 Å². The number of hydrogen-bond donors (Lipinski definition) is 0. The molecule has 0 aliphatic heterocycles. The minimum absolute atomic E-state index is 0.290. The van der Waals surface area contributed by atoms with Gasteiger partial charge in [0.25, 0.3) is 0 Å². The Bertz CT molecular complexity index is 730. The highest BCUT2D eigenvalue weighted by molar-refractivity contribution is 6.29. The molecule has 2 heterocycles. The smallest absolute Gasteiger partial charge is 0.238 e. The molecule has 6 heteroatoms. The molecule has 0 amide bonds. The Balaban J connectivity index is 1.77. The summed E-state index contributed by atoms with van der Waals surface area (Å²) < 4.78 is 18.4. The molecule has 3 rings (SSSR count). The highest BCUT2D eigenvalue weighted by Crippen LogP contribution is 2.22. The van der Waals surface area contributed by atoms with Crippen LogP contribution in [0.1, 0.15) is 0 Å². The lowest BCUT2D eigenvalue weighted by atomic mass is 10.1. The molecule has 0 aliphatic carbocycles. The number of pyridine rings is 1. The molecule has 1 aromatic carbocycles. The highest BCUT2D eigenvalue weighted by atomic mass is 35.5. The Hall–Kier alpha value is -2.53. The Kier molecular flexibility index (Phi) is 3.75. The molecule has 0 bridgehead atoms. The second-order valence-corrected chi connectivity index (χ2v) is 4.57. The first kappa shape index (κ1) is 13.5. The molecule has 4 nitrogen and oxygen atoms in total. The van der Waals surface area contributed by atoms with E-state index >= 15 is 0 Å². The van der Waals surface area contributed by atoms with E-state index in [9.17, 15) is 4.39 Å². The van der Waals surface area contributed by atoms with Crippen LogP contribution in [0, 0.1) is 5.82 Å². The van der Waals surface area contributed by atoms with Crippen molar-refractivity contribution in [1.29, 1.82) is 0 Å². The quantitative estimate of drug-likeness (QED) is 0.683. The van der Waals surface area contributed by atoms with Crippen LogP contribution in [0.15, 0.2) is 54.7 Å². The van der Waals surface area contributed by atoms with Crippen LogP contribution < -0.4 is 4.74 Å². The summed E-state index contributed by atoms with van der Waals surface area (Å²) in [5.41, 5.74) is 1.42.